The number of β-amino-alcohol motifs (C(OH)–C–C–N with tert-alkyl or cyclic N) is 1. The molecular weight excluding hydrogens is 335 g/mol. The Kier molecular flexibility index (Phi) is 4.32. The largest absolute Gasteiger partial charge is 0.416 e. The molecule has 1 aliphatic heterocycles. The quantitative estimate of drug-likeness (QED) is 0.903. The molecule has 0 unspecified atom stereocenters. The number of carbonyl (C=O) groups excluding carboxylic acids is 1. The number of aryl methyl sites for hydroxylation is 2. The van der Waals surface area contributed by atoms with Crippen LogP contribution in [0.2, 0.25) is 0 Å². The van der Waals surface area contributed by atoms with Gasteiger partial charge in [0.2, 0.25) is 0 Å². The van der Waals surface area contributed by atoms with Crippen LogP contribution in [0.15, 0.2) is 30.3 Å². The molecule has 0 aliphatic carbocycles. The van der Waals surface area contributed by atoms with Gasteiger partial charge in [-0.3, -0.25) is 9.48 Å². The molecular formula is C17H18F3N3O2. The number of hydrogen-bond acceptors (Lipinski definition) is 3. The van der Waals surface area contributed by atoms with Crippen LogP contribution < -0.4 is 0 Å². The fraction of sp³-hybridized carbons (Fsp3) is 0.412. The first kappa shape index (κ1) is 17.5. The molecule has 25 heavy (non-hydrogen) atoms. The first-order valence-electron chi connectivity index (χ1n) is 7.83. The highest BCUT2D eigenvalue weighted by Crippen LogP contribution is 2.36. The average molecular weight is 353 g/mol. The maximum Gasteiger partial charge on any atom is 0.416 e. The van der Waals surface area contributed by atoms with Crippen LogP contribution in [-0.4, -0.2) is 38.3 Å². The molecule has 0 saturated carbocycles. The van der Waals surface area contributed by atoms with Crippen molar-refractivity contribution in [3.63, 3.8) is 0 Å². The molecule has 0 bridgehead atoms. The van der Waals surface area contributed by atoms with Gasteiger partial charge in [0.05, 0.1) is 23.4 Å². The molecule has 2 heterocycles. The van der Waals surface area contributed by atoms with E-state index in [1.165, 1.54) is 15.6 Å². The zero-order valence-corrected chi connectivity index (χ0v) is 13.8. The number of likely N-dealkylation sites (tertiary alicyclic amines) is 1. The van der Waals surface area contributed by atoms with E-state index in [1.54, 1.807) is 26.1 Å². The number of amides is 1. The summed E-state index contributed by atoms with van der Waals surface area (Å²) in [4.78, 5) is 14.2. The Hall–Kier alpha value is -2.35. The highest BCUT2D eigenvalue weighted by atomic mass is 19.4. The van der Waals surface area contributed by atoms with Crippen molar-refractivity contribution >= 4 is 5.91 Å². The number of alkyl halides is 3. The summed E-state index contributed by atoms with van der Waals surface area (Å²) in [6, 6.07) is 5.91. The third kappa shape index (κ3) is 3.39. The molecule has 8 heteroatoms. The number of aromatic nitrogens is 2. The molecule has 0 spiro atoms. The number of carbonyl (C=O) groups is 1. The minimum atomic E-state index is -4.46. The van der Waals surface area contributed by atoms with E-state index in [-0.39, 0.29) is 18.9 Å². The third-order valence-corrected chi connectivity index (χ3v) is 4.36. The zero-order valence-electron chi connectivity index (χ0n) is 13.8. The van der Waals surface area contributed by atoms with Gasteiger partial charge >= 0.3 is 6.18 Å². The molecule has 5 nitrogen and oxygen atoms in total. The van der Waals surface area contributed by atoms with Crippen molar-refractivity contribution in [3.05, 3.63) is 52.8 Å². The Bertz CT molecular complexity index is 801. The molecule has 1 amide bonds. The topological polar surface area (TPSA) is 58.4 Å². The summed E-state index contributed by atoms with van der Waals surface area (Å²) in [5.74, 6) is -0.359. The fourth-order valence-electron chi connectivity index (χ4n) is 3.23. The summed E-state index contributed by atoms with van der Waals surface area (Å²) in [7, 11) is 1.63. The Morgan fingerprint density at radius 1 is 1.32 bits per heavy atom. The first-order chi connectivity index (χ1) is 11.7. The smallest absolute Gasteiger partial charge is 0.391 e. The summed E-state index contributed by atoms with van der Waals surface area (Å²) >= 11 is 0. The van der Waals surface area contributed by atoms with Gasteiger partial charge in [-0.15, -0.1) is 0 Å². The molecule has 1 aliphatic rings. The molecule has 0 radical (unpaired) electrons. The summed E-state index contributed by atoms with van der Waals surface area (Å²) < 4.78 is 40.3. The predicted molar refractivity (Wildman–Crippen MR) is 83.8 cm³/mol. The Balaban J connectivity index is 1.95. The summed E-state index contributed by atoms with van der Waals surface area (Å²) in [6.07, 6.45) is -5.04. The molecule has 3 rings (SSSR count). The lowest BCUT2D eigenvalue weighted by molar-refractivity contribution is -0.137. The number of aliphatic hydroxyl groups excluding tert-OH is 1. The van der Waals surface area contributed by atoms with Gasteiger partial charge in [0.1, 0.15) is 5.69 Å². The van der Waals surface area contributed by atoms with E-state index >= 15 is 0 Å². The molecule has 1 saturated heterocycles. The van der Waals surface area contributed by atoms with E-state index < -0.39 is 23.9 Å². The lowest BCUT2D eigenvalue weighted by Crippen LogP contribution is -2.33. The van der Waals surface area contributed by atoms with Crippen LogP contribution in [0.5, 0.6) is 0 Å². The van der Waals surface area contributed by atoms with Gasteiger partial charge in [0.15, 0.2) is 0 Å². The highest BCUT2D eigenvalue weighted by Gasteiger charge is 2.38. The number of halogens is 3. The molecule has 1 aromatic heterocycles. The Morgan fingerprint density at radius 2 is 2.04 bits per heavy atom. The van der Waals surface area contributed by atoms with E-state index in [9.17, 15) is 23.1 Å². The maximum absolute atomic E-state index is 13.0. The van der Waals surface area contributed by atoms with Crippen molar-refractivity contribution in [1.29, 1.82) is 0 Å². The average Bonchev–Trinajstić information content (AvgIpc) is 3.08. The van der Waals surface area contributed by atoms with Crippen LogP contribution in [0.25, 0.3) is 0 Å². The molecule has 2 aromatic rings. The Morgan fingerprint density at radius 3 is 2.64 bits per heavy atom. The number of aliphatic hydroxyl groups is 1. The molecule has 1 fully saturated rings. The van der Waals surface area contributed by atoms with Crippen LogP contribution in [0.3, 0.4) is 0 Å². The normalized spacial score (nSPS) is 21.0. The van der Waals surface area contributed by atoms with Crippen molar-refractivity contribution in [2.75, 3.05) is 6.54 Å². The van der Waals surface area contributed by atoms with Gasteiger partial charge < -0.3 is 10.0 Å². The monoisotopic (exact) mass is 353 g/mol. The van der Waals surface area contributed by atoms with Crippen LogP contribution >= 0.6 is 0 Å². The minimum absolute atomic E-state index is 0.0734. The van der Waals surface area contributed by atoms with Gasteiger partial charge in [-0.25, -0.2) is 0 Å². The van der Waals surface area contributed by atoms with E-state index in [2.05, 4.69) is 5.10 Å². The van der Waals surface area contributed by atoms with Crippen molar-refractivity contribution < 1.29 is 23.1 Å². The molecule has 134 valence electrons. The molecule has 2 atom stereocenters. The third-order valence-electron chi connectivity index (χ3n) is 4.36. The molecule has 1 aromatic carbocycles. The number of benzene rings is 1. The second-order valence-corrected chi connectivity index (χ2v) is 6.28. The van der Waals surface area contributed by atoms with Gasteiger partial charge in [-0.1, -0.05) is 12.1 Å². The van der Waals surface area contributed by atoms with Crippen LogP contribution in [0.4, 0.5) is 13.2 Å². The second-order valence-electron chi connectivity index (χ2n) is 6.28. The first-order valence-corrected chi connectivity index (χ1v) is 7.83. The van der Waals surface area contributed by atoms with Crippen molar-refractivity contribution in [1.82, 2.24) is 14.7 Å². The maximum atomic E-state index is 13.0. The summed E-state index contributed by atoms with van der Waals surface area (Å²) in [6.45, 7) is 1.82. The Labute approximate surface area is 142 Å². The number of nitrogens with zero attached hydrogens (tertiary/aromatic N) is 3. The minimum Gasteiger partial charge on any atom is -0.391 e. The second kappa shape index (κ2) is 6.18. The van der Waals surface area contributed by atoms with Crippen LogP contribution in [-0.2, 0) is 13.2 Å². The van der Waals surface area contributed by atoms with E-state index in [4.69, 9.17) is 0 Å². The van der Waals surface area contributed by atoms with Crippen molar-refractivity contribution in [3.8, 4) is 0 Å². The molecule has 1 N–H and O–H groups in total. The standard InChI is InChI=1S/C17H18F3N3O2/c1-10-6-15(22(2)21-10)16(25)23-9-13(24)8-14(23)11-4-3-5-12(7-11)17(18,19)20/h3-7,13-14,24H,8-9H2,1-2H3/t13-,14+/m0/s1. The fourth-order valence-corrected chi connectivity index (χ4v) is 3.23. The van der Waals surface area contributed by atoms with Gasteiger partial charge in [-0.2, -0.15) is 18.3 Å². The highest BCUT2D eigenvalue weighted by molar-refractivity contribution is 5.93. The number of hydrogen-bond donors (Lipinski definition) is 1. The van der Waals surface area contributed by atoms with Crippen LogP contribution in [0.1, 0.15) is 39.8 Å². The SMILES string of the molecule is Cc1cc(C(=O)N2C[C@@H](O)C[C@@H]2c2cccc(C(F)(F)F)c2)n(C)n1. The van der Waals surface area contributed by atoms with E-state index in [1.807, 2.05) is 0 Å². The summed E-state index contributed by atoms with van der Waals surface area (Å²) in [5, 5.41) is 14.1. The van der Waals surface area contributed by atoms with E-state index in [0.29, 0.717) is 17.0 Å². The van der Waals surface area contributed by atoms with E-state index in [0.717, 1.165) is 12.1 Å². The zero-order chi connectivity index (χ0) is 18.4. The summed E-state index contributed by atoms with van der Waals surface area (Å²) in [5.41, 5.74) is 0.596. The predicted octanol–water partition coefficient (Wildman–Crippen LogP) is 2.70. The number of rotatable bonds is 2. The van der Waals surface area contributed by atoms with Gasteiger partial charge in [0, 0.05) is 13.6 Å². The van der Waals surface area contributed by atoms with Crippen molar-refractivity contribution in [2.24, 2.45) is 7.05 Å². The van der Waals surface area contributed by atoms with Crippen LogP contribution in [0, 0.1) is 6.92 Å². The van der Waals surface area contributed by atoms with Gasteiger partial charge in [-0.05, 0) is 37.1 Å². The van der Waals surface area contributed by atoms with Gasteiger partial charge in [0.25, 0.3) is 5.91 Å². The van der Waals surface area contributed by atoms with Crippen molar-refractivity contribution in [2.45, 2.75) is 31.7 Å². The lowest BCUT2D eigenvalue weighted by atomic mass is 10.0. The lowest BCUT2D eigenvalue weighted by Gasteiger charge is -2.25.